The molecular weight excluding hydrogens is 272 g/mol. The van der Waals surface area contributed by atoms with Crippen molar-refractivity contribution in [3.8, 4) is 0 Å². The van der Waals surface area contributed by atoms with Crippen molar-refractivity contribution in [2.75, 3.05) is 20.1 Å². The molecule has 0 bridgehead atoms. The maximum atomic E-state index is 12.2. The minimum atomic E-state index is -0.841. The first kappa shape index (κ1) is 15.6. The van der Waals surface area contributed by atoms with Crippen LogP contribution in [0.1, 0.15) is 30.8 Å². The highest BCUT2D eigenvalue weighted by molar-refractivity contribution is 5.80. The molecule has 2 heterocycles. The Morgan fingerprint density at radius 2 is 2.19 bits per heavy atom. The Kier molecular flexibility index (Phi) is 5.01. The number of aliphatic carboxylic acids is 1. The van der Waals surface area contributed by atoms with Crippen LogP contribution < -0.4 is 0 Å². The average molecular weight is 294 g/mol. The molecule has 1 unspecified atom stereocenters. The van der Waals surface area contributed by atoms with E-state index in [4.69, 9.17) is 4.42 Å². The van der Waals surface area contributed by atoms with Crippen molar-refractivity contribution in [3.05, 3.63) is 23.7 Å². The Hall–Kier alpha value is -1.82. The Balaban J connectivity index is 1.91. The van der Waals surface area contributed by atoms with E-state index in [-0.39, 0.29) is 12.5 Å². The second kappa shape index (κ2) is 6.76. The van der Waals surface area contributed by atoms with Crippen LogP contribution in [0.25, 0.3) is 0 Å². The van der Waals surface area contributed by atoms with Gasteiger partial charge in [-0.05, 0) is 38.4 Å². The first-order valence-electron chi connectivity index (χ1n) is 7.23. The Morgan fingerprint density at radius 1 is 1.43 bits per heavy atom. The lowest BCUT2D eigenvalue weighted by Crippen LogP contribution is -2.49. The summed E-state index contributed by atoms with van der Waals surface area (Å²) in [5, 5.41) is 9.22. The van der Waals surface area contributed by atoms with Crippen LogP contribution in [0.5, 0.6) is 0 Å². The maximum Gasteiger partial charge on any atom is 0.320 e. The number of furan rings is 1. The number of carbonyl (C=O) groups is 2. The van der Waals surface area contributed by atoms with Crippen molar-refractivity contribution in [2.24, 2.45) is 0 Å². The van der Waals surface area contributed by atoms with E-state index in [2.05, 4.69) is 0 Å². The second-order valence-corrected chi connectivity index (χ2v) is 5.58. The number of hydrogen-bond acceptors (Lipinski definition) is 4. The fraction of sp³-hybridized carbons (Fsp3) is 0.600. The number of rotatable bonds is 5. The van der Waals surface area contributed by atoms with Gasteiger partial charge in [0.15, 0.2) is 0 Å². The van der Waals surface area contributed by atoms with Gasteiger partial charge in [-0.3, -0.25) is 14.5 Å². The molecule has 1 aliphatic rings. The highest BCUT2D eigenvalue weighted by Crippen LogP contribution is 2.17. The third-order valence-electron chi connectivity index (χ3n) is 3.85. The Bertz CT molecular complexity index is 512. The first-order valence-corrected chi connectivity index (χ1v) is 7.23. The zero-order chi connectivity index (χ0) is 15.4. The molecule has 1 saturated heterocycles. The van der Waals surface area contributed by atoms with Crippen LogP contribution in [-0.4, -0.2) is 53.0 Å². The molecule has 6 heteroatoms. The van der Waals surface area contributed by atoms with Gasteiger partial charge in [0.2, 0.25) is 5.91 Å². The lowest BCUT2D eigenvalue weighted by Gasteiger charge is -2.33. The summed E-state index contributed by atoms with van der Waals surface area (Å²) in [6.45, 7) is 3.07. The van der Waals surface area contributed by atoms with Gasteiger partial charge in [0.1, 0.15) is 17.6 Å². The van der Waals surface area contributed by atoms with Gasteiger partial charge in [0, 0.05) is 7.05 Å². The van der Waals surface area contributed by atoms with Crippen LogP contribution in [-0.2, 0) is 16.1 Å². The number of carboxylic acid groups (broad SMARTS) is 1. The van der Waals surface area contributed by atoms with Crippen molar-refractivity contribution in [2.45, 2.75) is 38.8 Å². The summed E-state index contributed by atoms with van der Waals surface area (Å²) in [6.07, 6.45) is 2.46. The van der Waals surface area contributed by atoms with E-state index in [9.17, 15) is 14.7 Å². The topological polar surface area (TPSA) is 74.0 Å². The van der Waals surface area contributed by atoms with Gasteiger partial charge in [-0.2, -0.15) is 0 Å². The van der Waals surface area contributed by atoms with E-state index in [1.165, 1.54) is 0 Å². The van der Waals surface area contributed by atoms with E-state index >= 15 is 0 Å². The van der Waals surface area contributed by atoms with Crippen LogP contribution in [0, 0.1) is 6.92 Å². The number of nitrogens with zero attached hydrogens (tertiary/aromatic N) is 2. The van der Waals surface area contributed by atoms with Crippen LogP contribution in [0.3, 0.4) is 0 Å². The molecule has 2 rings (SSSR count). The van der Waals surface area contributed by atoms with Gasteiger partial charge in [-0.15, -0.1) is 0 Å². The molecule has 1 aromatic rings. The lowest BCUT2D eigenvalue weighted by molar-refractivity contribution is -0.146. The molecule has 0 radical (unpaired) electrons. The zero-order valence-corrected chi connectivity index (χ0v) is 12.5. The van der Waals surface area contributed by atoms with Crippen LogP contribution in [0.15, 0.2) is 16.5 Å². The highest BCUT2D eigenvalue weighted by atomic mass is 16.4. The molecule has 0 spiro atoms. The molecule has 0 aliphatic carbocycles. The summed E-state index contributed by atoms with van der Waals surface area (Å²) >= 11 is 0. The molecule has 0 aromatic carbocycles. The summed E-state index contributed by atoms with van der Waals surface area (Å²) in [5.41, 5.74) is 0. The van der Waals surface area contributed by atoms with Crippen molar-refractivity contribution < 1.29 is 19.1 Å². The number of carboxylic acids is 1. The van der Waals surface area contributed by atoms with Gasteiger partial charge in [0.05, 0.1) is 13.1 Å². The van der Waals surface area contributed by atoms with Crippen molar-refractivity contribution >= 4 is 11.9 Å². The number of carbonyl (C=O) groups excluding carboxylic acids is 1. The Morgan fingerprint density at radius 3 is 2.81 bits per heavy atom. The van der Waals surface area contributed by atoms with E-state index in [0.717, 1.165) is 24.4 Å². The molecule has 0 saturated carbocycles. The predicted octanol–water partition coefficient (Wildman–Crippen LogP) is 1.49. The lowest BCUT2D eigenvalue weighted by atomic mass is 10.0. The van der Waals surface area contributed by atoms with Gasteiger partial charge in [-0.25, -0.2) is 0 Å². The number of likely N-dealkylation sites (tertiary alicyclic amines) is 1. The smallest absolute Gasteiger partial charge is 0.320 e. The fourth-order valence-corrected chi connectivity index (χ4v) is 2.65. The third kappa shape index (κ3) is 4.07. The monoisotopic (exact) mass is 294 g/mol. The number of amides is 1. The molecule has 1 N–H and O–H groups in total. The molecule has 21 heavy (non-hydrogen) atoms. The quantitative estimate of drug-likeness (QED) is 0.890. The largest absolute Gasteiger partial charge is 0.480 e. The number of likely N-dealkylation sites (N-methyl/N-ethyl adjacent to an activating group) is 1. The molecule has 6 nitrogen and oxygen atoms in total. The first-order chi connectivity index (χ1) is 9.97. The number of piperidine rings is 1. The average Bonchev–Trinajstić information content (AvgIpc) is 2.84. The molecule has 1 aromatic heterocycles. The minimum absolute atomic E-state index is 0.0859. The van der Waals surface area contributed by atoms with E-state index in [0.29, 0.717) is 19.5 Å². The number of hydrogen-bond donors (Lipinski definition) is 1. The summed E-state index contributed by atoms with van der Waals surface area (Å²) in [4.78, 5) is 26.8. The fourth-order valence-electron chi connectivity index (χ4n) is 2.65. The summed E-state index contributed by atoms with van der Waals surface area (Å²) < 4.78 is 5.45. The van der Waals surface area contributed by atoms with Gasteiger partial charge < -0.3 is 14.4 Å². The second-order valence-electron chi connectivity index (χ2n) is 5.58. The Labute approximate surface area is 124 Å². The summed E-state index contributed by atoms with van der Waals surface area (Å²) in [5.74, 6) is 0.619. The summed E-state index contributed by atoms with van der Waals surface area (Å²) in [7, 11) is 1.71. The van der Waals surface area contributed by atoms with Crippen molar-refractivity contribution in [3.63, 3.8) is 0 Å². The van der Waals surface area contributed by atoms with Crippen molar-refractivity contribution in [1.29, 1.82) is 0 Å². The van der Waals surface area contributed by atoms with Gasteiger partial charge in [-0.1, -0.05) is 6.42 Å². The molecular formula is C15H22N2O4. The van der Waals surface area contributed by atoms with Crippen LogP contribution >= 0.6 is 0 Å². The van der Waals surface area contributed by atoms with E-state index < -0.39 is 12.0 Å². The maximum absolute atomic E-state index is 12.2. The van der Waals surface area contributed by atoms with Gasteiger partial charge in [0.25, 0.3) is 0 Å². The van der Waals surface area contributed by atoms with Gasteiger partial charge >= 0.3 is 5.97 Å². The van der Waals surface area contributed by atoms with Crippen LogP contribution in [0.4, 0.5) is 0 Å². The van der Waals surface area contributed by atoms with Crippen molar-refractivity contribution in [1.82, 2.24) is 9.80 Å². The third-order valence-corrected chi connectivity index (χ3v) is 3.85. The normalized spacial score (nSPS) is 19.4. The van der Waals surface area contributed by atoms with E-state index in [1.807, 2.05) is 19.1 Å². The molecule has 1 aliphatic heterocycles. The minimum Gasteiger partial charge on any atom is -0.480 e. The standard InChI is InChI=1S/C15H22N2O4/c1-11-6-7-12(21-11)9-16(2)14(18)10-17-8-4-3-5-13(17)15(19)20/h6-7,13H,3-5,8-10H2,1-2H3,(H,19,20). The SMILES string of the molecule is Cc1ccc(CN(C)C(=O)CN2CCCCC2C(=O)O)o1. The summed E-state index contributed by atoms with van der Waals surface area (Å²) in [6, 6.07) is 3.17. The molecule has 116 valence electrons. The number of aryl methyl sites for hydroxylation is 1. The predicted molar refractivity (Wildman–Crippen MR) is 76.8 cm³/mol. The molecule has 1 atom stereocenters. The van der Waals surface area contributed by atoms with Crippen LogP contribution in [0.2, 0.25) is 0 Å². The highest BCUT2D eigenvalue weighted by Gasteiger charge is 2.30. The molecule has 1 amide bonds. The molecule has 1 fully saturated rings. The van der Waals surface area contributed by atoms with E-state index in [1.54, 1.807) is 16.8 Å². The zero-order valence-electron chi connectivity index (χ0n) is 12.5.